The molecule has 0 N–H and O–H groups in total. The standard InChI is InChI=1S/C13H13Cl2NS2/c1-3-8-18-13(17)16(9-10(2)14)12-7-5-4-6-11(12)15/h3-7H,1-2,8-9H2. The van der Waals surface area contributed by atoms with Crippen LogP contribution in [0.15, 0.2) is 48.5 Å². The summed E-state index contributed by atoms with van der Waals surface area (Å²) >= 11 is 19.0. The van der Waals surface area contributed by atoms with Crippen molar-refractivity contribution in [2.75, 3.05) is 17.2 Å². The van der Waals surface area contributed by atoms with Gasteiger partial charge in [0.25, 0.3) is 0 Å². The number of hydrogen-bond acceptors (Lipinski definition) is 2. The molecule has 0 radical (unpaired) electrons. The van der Waals surface area contributed by atoms with Gasteiger partial charge in [0.05, 0.1) is 17.3 Å². The van der Waals surface area contributed by atoms with Crippen LogP contribution in [0.25, 0.3) is 0 Å². The molecular formula is C13H13Cl2NS2. The van der Waals surface area contributed by atoms with Gasteiger partial charge in [0, 0.05) is 10.8 Å². The molecule has 0 saturated heterocycles. The second-order valence-electron chi connectivity index (χ2n) is 3.42. The normalized spacial score (nSPS) is 9.89. The molecule has 0 fully saturated rings. The lowest BCUT2D eigenvalue weighted by Gasteiger charge is -2.25. The van der Waals surface area contributed by atoms with Crippen molar-refractivity contribution < 1.29 is 0 Å². The Balaban J connectivity index is 2.97. The first-order valence-corrected chi connectivity index (χ1v) is 7.34. The van der Waals surface area contributed by atoms with Gasteiger partial charge in [0.1, 0.15) is 4.32 Å². The lowest BCUT2D eigenvalue weighted by Crippen LogP contribution is -2.28. The van der Waals surface area contributed by atoms with E-state index in [1.165, 1.54) is 11.8 Å². The first-order chi connectivity index (χ1) is 8.56. The van der Waals surface area contributed by atoms with Crippen molar-refractivity contribution >= 4 is 57.2 Å². The Kier molecular flexibility index (Phi) is 6.79. The summed E-state index contributed by atoms with van der Waals surface area (Å²) < 4.78 is 0.699. The number of para-hydroxylation sites is 1. The smallest absolute Gasteiger partial charge is 0.141 e. The van der Waals surface area contributed by atoms with Crippen LogP contribution < -0.4 is 4.90 Å². The van der Waals surface area contributed by atoms with Gasteiger partial charge in [0.15, 0.2) is 0 Å². The Morgan fingerprint density at radius 2 is 2.11 bits per heavy atom. The predicted octanol–water partition coefficient (Wildman–Crippen LogP) is 5.10. The number of anilines is 1. The van der Waals surface area contributed by atoms with E-state index < -0.39 is 0 Å². The third-order valence-electron chi connectivity index (χ3n) is 2.02. The van der Waals surface area contributed by atoms with E-state index in [2.05, 4.69) is 13.2 Å². The maximum Gasteiger partial charge on any atom is 0.141 e. The van der Waals surface area contributed by atoms with Crippen LogP contribution in [0, 0.1) is 0 Å². The topological polar surface area (TPSA) is 3.24 Å². The van der Waals surface area contributed by atoms with Gasteiger partial charge >= 0.3 is 0 Å². The third-order valence-corrected chi connectivity index (χ3v) is 3.90. The molecule has 0 heterocycles. The van der Waals surface area contributed by atoms with Gasteiger partial charge in [-0.3, -0.25) is 0 Å². The maximum atomic E-state index is 6.18. The molecule has 0 saturated carbocycles. The van der Waals surface area contributed by atoms with Crippen LogP contribution in [0.4, 0.5) is 5.69 Å². The maximum absolute atomic E-state index is 6.18. The van der Waals surface area contributed by atoms with Crippen molar-refractivity contribution in [2.45, 2.75) is 0 Å². The molecule has 0 aliphatic rings. The lowest BCUT2D eigenvalue weighted by atomic mass is 10.3. The Morgan fingerprint density at radius 3 is 2.67 bits per heavy atom. The molecule has 1 aromatic rings. The van der Waals surface area contributed by atoms with Crippen LogP contribution in [-0.2, 0) is 0 Å². The van der Waals surface area contributed by atoms with Gasteiger partial charge in [-0.15, -0.1) is 6.58 Å². The van der Waals surface area contributed by atoms with E-state index in [4.69, 9.17) is 35.4 Å². The molecule has 0 aliphatic heterocycles. The first kappa shape index (κ1) is 15.6. The van der Waals surface area contributed by atoms with E-state index in [1.807, 2.05) is 29.2 Å². The van der Waals surface area contributed by atoms with Gasteiger partial charge in [-0.05, 0) is 12.1 Å². The van der Waals surface area contributed by atoms with Crippen molar-refractivity contribution in [2.24, 2.45) is 0 Å². The number of thiocarbonyl (C=S) groups is 1. The molecule has 0 unspecified atom stereocenters. The SMILES string of the molecule is C=CCSC(=S)N(CC(=C)Cl)c1ccccc1Cl. The quantitative estimate of drug-likeness (QED) is 0.549. The summed E-state index contributed by atoms with van der Waals surface area (Å²) in [4.78, 5) is 1.88. The van der Waals surface area contributed by atoms with E-state index in [0.29, 0.717) is 20.9 Å². The number of thioether (sulfide) groups is 1. The number of hydrogen-bond donors (Lipinski definition) is 0. The van der Waals surface area contributed by atoms with E-state index in [1.54, 1.807) is 6.08 Å². The Morgan fingerprint density at radius 1 is 1.44 bits per heavy atom. The zero-order chi connectivity index (χ0) is 13.5. The summed E-state index contributed by atoms with van der Waals surface area (Å²) in [5.74, 6) is 0.745. The summed E-state index contributed by atoms with van der Waals surface area (Å²) in [6.07, 6.45) is 1.80. The molecule has 0 bridgehead atoms. The second-order valence-corrected chi connectivity index (χ2v) is 6.02. The van der Waals surface area contributed by atoms with Crippen molar-refractivity contribution in [1.82, 2.24) is 0 Å². The Bertz CT molecular complexity index is 460. The number of nitrogens with zero attached hydrogens (tertiary/aromatic N) is 1. The third kappa shape index (κ3) is 4.65. The highest BCUT2D eigenvalue weighted by Crippen LogP contribution is 2.29. The molecule has 0 atom stereocenters. The summed E-state index contributed by atoms with van der Waals surface area (Å²) in [5.41, 5.74) is 0.836. The zero-order valence-corrected chi connectivity index (χ0v) is 12.9. The molecule has 0 aliphatic carbocycles. The first-order valence-electron chi connectivity index (χ1n) is 5.19. The summed E-state index contributed by atoms with van der Waals surface area (Å²) in [6.45, 7) is 7.82. The van der Waals surface area contributed by atoms with Crippen molar-refractivity contribution in [1.29, 1.82) is 0 Å². The summed E-state index contributed by atoms with van der Waals surface area (Å²) in [7, 11) is 0. The predicted molar refractivity (Wildman–Crippen MR) is 89.0 cm³/mol. The average Bonchev–Trinajstić information content (AvgIpc) is 2.34. The van der Waals surface area contributed by atoms with E-state index >= 15 is 0 Å². The molecule has 1 aromatic carbocycles. The van der Waals surface area contributed by atoms with Crippen molar-refractivity contribution in [3.8, 4) is 0 Å². The van der Waals surface area contributed by atoms with Crippen LogP contribution in [-0.4, -0.2) is 16.6 Å². The summed E-state index contributed by atoms with van der Waals surface area (Å²) in [5, 5.41) is 1.15. The van der Waals surface area contributed by atoms with Crippen LogP contribution >= 0.6 is 47.2 Å². The highest BCUT2D eigenvalue weighted by atomic mass is 35.5. The highest BCUT2D eigenvalue weighted by Gasteiger charge is 2.15. The van der Waals surface area contributed by atoms with Crippen LogP contribution in [0.3, 0.4) is 0 Å². The van der Waals surface area contributed by atoms with Gasteiger partial charge < -0.3 is 4.90 Å². The van der Waals surface area contributed by atoms with Gasteiger partial charge in [-0.25, -0.2) is 0 Å². The fourth-order valence-corrected chi connectivity index (χ4v) is 2.60. The molecular weight excluding hydrogens is 305 g/mol. The van der Waals surface area contributed by atoms with Crippen LogP contribution in [0.1, 0.15) is 0 Å². The van der Waals surface area contributed by atoms with E-state index in [0.717, 1.165) is 11.4 Å². The number of halogens is 2. The molecule has 18 heavy (non-hydrogen) atoms. The minimum atomic E-state index is 0.439. The number of benzene rings is 1. The van der Waals surface area contributed by atoms with Gasteiger partial charge in [0.2, 0.25) is 0 Å². The van der Waals surface area contributed by atoms with E-state index in [-0.39, 0.29) is 0 Å². The van der Waals surface area contributed by atoms with Crippen LogP contribution in [0.2, 0.25) is 5.02 Å². The van der Waals surface area contributed by atoms with Crippen LogP contribution in [0.5, 0.6) is 0 Å². The van der Waals surface area contributed by atoms with Crippen molar-refractivity contribution in [3.05, 3.63) is 53.6 Å². The minimum Gasteiger partial charge on any atom is -0.321 e. The van der Waals surface area contributed by atoms with Crippen molar-refractivity contribution in [3.63, 3.8) is 0 Å². The van der Waals surface area contributed by atoms with Gasteiger partial charge in [-0.1, -0.05) is 72.0 Å². The molecule has 96 valence electrons. The summed E-state index contributed by atoms with van der Waals surface area (Å²) in [6, 6.07) is 7.51. The Hall–Kier alpha value is -0.480. The monoisotopic (exact) mass is 317 g/mol. The minimum absolute atomic E-state index is 0.439. The molecule has 5 heteroatoms. The lowest BCUT2D eigenvalue weighted by molar-refractivity contribution is 1.16. The molecule has 0 aromatic heterocycles. The Labute approximate surface area is 127 Å². The van der Waals surface area contributed by atoms with E-state index in [9.17, 15) is 0 Å². The van der Waals surface area contributed by atoms with Gasteiger partial charge in [-0.2, -0.15) is 0 Å². The highest BCUT2D eigenvalue weighted by molar-refractivity contribution is 8.23. The number of rotatable bonds is 5. The molecule has 0 spiro atoms. The molecule has 0 amide bonds. The molecule has 1 rings (SSSR count). The zero-order valence-electron chi connectivity index (χ0n) is 9.73. The average molecular weight is 318 g/mol. The molecule has 1 nitrogen and oxygen atoms in total. The fourth-order valence-electron chi connectivity index (χ4n) is 1.30. The fraction of sp³-hybridized carbons (Fsp3) is 0.154. The second kappa shape index (κ2) is 7.85. The largest absolute Gasteiger partial charge is 0.321 e.